The third kappa shape index (κ3) is 28.4. The Morgan fingerprint density at radius 2 is 0.750 bits per heavy atom. The van der Waals surface area contributed by atoms with E-state index in [-0.39, 0.29) is 0 Å². The lowest BCUT2D eigenvalue weighted by molar-refractivity contribution is 0.531. The van der Waals surface area contributed by atoms with Gasteiger partial charge < -0.3 is 0 Å². The predicted octanol–water partition coefficient (Wildman–Crippen LogP) is 8.41. The summed E-state index contributed by atoms with van der Waals surface area (Å²) in [5, 5.41) is 0. The molecule has 148 valence electrons. The van der Waals surface area contributed by atoms with Crippen LogP contribution >= 0.6 is 44.3 Å². The van der Waals surface area contributed by atoms with Crippen molar-refractivity contribution in [2.24, 2.45) is 0 Å². The smallest absolute Gasteiger partial charge is 0.181 e. The zero-order chi connectivity index (χ0) is 18.5. The molecule has 0 bridgehead atoms. The molecule has 0 fully saturated rings. The van der Waals surface area contributed by atoms with E-state index in [4.69, 9.17) is 44.3 Å². The van der Waals surface area contributed by atoms with Crippen LogP contribution in [-0.2, 0) is 0 Å². The number of hydrogen-bond donors (Lipinski definition) is 0. The zero-order valence-corrected chi connectivity index (χ0v) is 22.1. The van der Waals surface area contributed by atoms with Crippen LogP contribution in [0.3, 0.4) is 0 Å². The first-order valence-electron chi connectivity index (χ1n) is 10.0. The summed E-state index contributed by atoms with van der Waals surface area (Å²) >= 11 is 22.4. The van der Waals surface area contributed by atoms with E-state index in [1.807, 2.05) is 0 Å². The second-order valence-corrected chi connectivity index (χ2v) is 15.9. The first-order valence-corrected chi connectivity index (χ1v) is 18.3. The molecule has 0 nitrogen and oxygen atoms in total. The fourth-order valence-electron chi connectivity index (χ4n) is 2.87. The molecule has 0 aromatic heterocycles. The quantitative estimate of drug-likeness (QED) is 0.118. The Labute approximate surface area is 175 Å². The molecule has 0 unspecified atom stereocenters. The van der Waals surface area contributed by atoms with Gasteiger partial charge in [-0.3, -0.25) is 0 Å². The van der Waals surface area contributed by atoms with E-state index in [0.29, 0.717) is 0 Å². The van der Waals surface area contributed by atoms with Gasteiger partial charge in [0, 0.05) is 0 Å². The highest BCUT2D eigenvalue weighted by Crippen LogP contribution is 2.27. The van der Waals surface area contributed by atoms with Gasteiger partial charge in [-0.25, -0.2) is 0 Å². The molecule has 0 aliphatic heterocycles. The molecule has 0 saturated carbocycles. The lowest BCUT2D eigenvalue weighted by Gasteiger charge is -2.07. The second-order valence-electron chi connectivity index (χ2n) is 6.67. The van der Waals surface area contributed by atoms with Crippen molar-refractivity contribution in [3.63, 3.8) is 0 Å². The highest BCUT2D eigenvalue weighted by molar-refractivity contribution is 7.64. The fraction of sp³-hybridized carbons (Fsp3) is 1.00. The molecule has 6 heteroatoms. The van der Waals surface area contributed by atoms with Crippen LogP contribution in [-0.4, -0.2) is 15.6 Å². The molecule has 0 radical (unpaired) electrons. The number of halogens is 4. The summed E-state index contributed by atoms with van der Waals surface area (Å²) in [6.45, 7) is 2.28. The maximum absolute atomic E-state index is 5.87. The van der Waals surface area contributed by atoms with Crippen LogP contribution in [0.4, 0.5) is 0 Å². The van der Waals surface area contributed by atoms with Crippen molar-refractivity contribution in [1.82, 2.24) is 0 Å². The van der Waals surface area contributed by atoms with E-state index in [2.05, 4.69) is 6.92 Å². The van der Waals surface area contributed by atoms with Crippen molar-refractivity contribution in [2.45, 2.75) is 116 Å². The summed E-state index contributed by atoms with van der Waals surface area (Å²) in [6, 6.07) is -1.52. The normalized spacial score (nSPS) is 11.4. The van der Waals surface area contributed by atoms with E-state index >= 15 is 0 Å². The van der Waals surface area contributed by atoms with Gasteiger partial charge in [0.25, 0.3) is 0 Å². The summed E-state index contributed by atoms with van der Waals surface area (Å²) in [5.41, 5.74) is 0. The highest BCUT2D eigenvalue weighted by Gasteiger charge is 2.23. The lowest BCUT2D eigenvalue weighted by atomic mass is 10.0. The van der Waals surface area contributed by atoms with Crippen molar-refractivity contribution in [3.05, 3.63) is 0 Å². The maximum Gasteiger partial charge on any atom is 0.341 e. The molecule has 0 aromatic carbocycles. The van der Waals surface area contributed by atoms with Gasteiger partial charge in [0.05, 0.1) is 0 Å². The first kappa shape index (κ1) is 27.8. The van der Waals surface area contributed by atoms with Crippen molar-refractivity contribution < 1.29 is 0 Å². The van der Waals surface area contributed by atoms with Gasteiger partial charge in [-0.05, 0) is 6.04 Å². The average molecular weight is 455 g/mol. The standard InChI is InChI=1S/C18H37Cl3Si.ClH3Si/c1-2-3-4-5-6-7-8-9-10-11-12-13-14-15-16-17-18-22(19,20)21;1-2/h2-18H2,1H3;2H3. The van der Waals surface area contributed by atoms with Crippen LogP contribution in [0.2, 0.25) is 6.04 Å². The zero-order valence-electron chi connectivity index (χ0n) is 16.0. The van der Waals surface area contributed by atoms with Crippen LogP contribution in [0, 0.1) is 0 Å². The van der Waals surface area contributed by atoms with Gasteiger partial charge in [0.2, 0.25) is 0 Å². The molecular formula is C18H40Cl4Si2. The topological polar surface area (TPSA) is 0 Å². The molecule has 0 aromatic rings. The monoisotopic (exact) mass is 452 g/mol. The minimum atomic E-state index is -2.35. The van der Waals surface area contributed by atoms with Crippen molar-refractivity contribution in [1.29, 1.82) is 0 Å². The van der Waals surface area contributed by atoms with Gasteiger partial charge >= 0.3 is 6.00 Å². The van der Waals surface area contributed by atoms with Crippen LogP contribution in [0.15, 0.2) is 0 Å². The minimum Gasteiger partial charge on any atom is -0.181 e. The van der Waals surface area contributed by atoms with Gasteiger partial charge in [-0.15, -0.1) is 33.2 Å². The van der Waals surface area contributed by atoms with E-state index in [0.717, 1.165) is 22.0 Å². The molecule has 0 spiro atoms. The molecule has 0 saturated heterocycles. The molecule has 0 heterocycles. The first-order chi connectivity index (χ1) is 11.6. The fourth-order valence-corrected chi connectivity index (χ4v) is 4.73. The predicted molar refractivity (Wildman–Crippen MR) is 123 cm³/mol. The molecular weight excluding hydrogens is 414 g/mol. The number of unbranched alkanes of at least 4 members (excludes halogenated alkanes) is 15. The molecule has 0 aliphatic carbocycles. The minimum absolute atomic E-state index is 0.778. The molecule has 0 N–H and O–H groups in total. The number of rotatable bonds is 17. The van der Waals surface area contributed by atoms with Crippen molar-refractivity contribution >= 4 is 59.9 Å². The summed E-state index contributed by atoms with van der Waals surface area (Å²) in [5.74, 6) is 0. The molecule has 0 atom stereocenters. The molecule has 0 amide bonds. The van der Waals surface area contributed by atoms with Crippen LogP contribution < -0.4 is 0 Å². The average Bonchev–Trinajstić information content (AvgIpc) is 2.55. The Hall–Kier alpha value is 1.59. The van der Waals surface area contributed by atoms with E-state index in [1.165, 1.54) is 96.3 Å². The third-order valence-corrected chi connectivity index (χ3v) is 6.94. The Morgan fingerprint density at radius 3 is 1.00 bits per heavy atom. The van der Waals surface area contributed by atoms with Crippen LogP contribution in [0.5, 0.6) is 0 Å². The second kappa shape index (κ2) is 22.6. The van der Waals surface area contributed by atoms with Crippen molar-refractivity contribution in [3.8, 4) is 0 Å². The third-order valence-electron chi connectivity index (χ3n) is 4.31. The summed E-state index contributed by atoms with van der Waals surface area (Å²) in [6.07, 6.45) is 22.2. The summed E-state index contributed by atoms with van der Waals surface area (Å²) in [7, 11) is 0.778. The number of hydrogen-bond acceptors (Lipinski definition) is 0. The van der Waals surface area contributed by atoms with E-state index in [1.54, 1.807) is 0 Å². The summed E-state index contributed by atoms with van der Waals surface area (Å²) < 4.78 is 0. The van der Waals surface area contributed by atoms with Crippen LogP contribution in [0.1, 0.15) is 110 Å². The Balaban J connectivity index is 0. The van der Waals surface area contributed by atoms with Crippen LogP contribution in [0.25, 0.3) is 0 Å². The Kier molecular flexibility index (Phi) is 26.2. The van der Waals surface area contributed by atoms with E-state index in [9.17, 15) is 0 Å². The Morgan fingerprint density at radius 1 is 0.500 bits per heavy atom. The van der Waals surface area contributed by atoms with Crippen molar-refractivity contribution in [2.75, 3.05) is 0 Å². The van der Waals surface area contributed by atoms with Gasteiger partial charge in [-0.1, -0.05) is 110 Å². The summed E-state index contributed by atoms with van der Waals surface area (Å²) in [4.78, 5) is 0. The molecule has 0 rings (SSSR count). The lowest BCUT2D eigenvalue weighted by Crippen LogP contribution is -2.07. The SMILES string of the molecule is CCCCCCCCCCCCCCCCCC[Si](Cl)(Cl)Cl.[SiH3]Cl. The largest absolute Gasteiger partial charge is 0.341 e. The van der Waals surface area contributed by atoms with Gasteiger partial charge in [0.15, 0.2) is 0 Å². The van der Waals surface area contributed by atoms with E-state index < -0.39 is 6.00 Å². The maximum atomic E-state index is 5.87. The molecule has 0 aliphatic rings. The highest BCUT2D eigenvalue weighted by atomic mass is 35.8. The van der Waals surface area contributed by atoms with Gasteiger partial charge in [-0.2, -0.15) is 11.1 Å². The van der Waals surface area contributed by atoms with Gasteiger partial charge in [0.1, 0.15) is 9.55 Å². The Bertz CT molecular complexity index is 224. The molecule has 24 heavy (non-hydrogen) atoms.